The fraction of sp³-hybridized carbons (Fsp3) is 1.00. The van der Waals surface area contributed by atoms with Crippen LogP contribution in [-0.2, 0) is 0 Å². The van der Waals surface area contributed by atoms with Crippen molar-refractivity contribution in [1.82, 2.24) is 5.32 Å². The van der Waals surface area contributed by atoms with Gasteiger partial charge in [-0.2, -0.15) is 11.8 Å². The molecule has 2 nitrogen and oxygen atoms in total. The maximum atomic E-state index is 9.10. The van der Waals surface area contributed by atoms with E-state index in [-0.39, 0.29) is 6.10 Å². The van der Waals surface area contributed by atoms with Crippen molar-refractivity contribution in [3.05, 3.63) is 0 Å². The van der Waals surface area contributed by atoms with Crippen LogP contribution >= 0.6 is 11.8 Å². The Hall–Kier alpha value is 0.270. The van der Waals surface area contributed by atoms with Gasteiger partial charge >= 0.3 is 0 Å². The van der Waals surface area contributed by atoms with Crippen molar-refractivity contribution in [2.24, 2.45) is 0 Å². The lowest BCUT2D eigenvalue weighted by molar-refractivity contribution is 0.186. The summed E-state index contributed by atoms with van der Waals surface area (Å²) in [6, 6.07) is 0.634. The molecule has 0 aliphatic heterocycles. The zero-order valence-electron chi connectivity index (χ0n) is 7.92. The van der Waals surface area contributed by atoms with Crippen molar-refractivity contribution in [3.8, 4) is 0 Å². The zero-order chi connectivity index (χ0) is 8.97. The summed E-state index contributed by atoms with van der Waals surface area (Å²) in [7, 11) is 0. The second-order valence-corrected chi connectivity index (χ2v) is 4.65. The SMILES string of the molecule is CSC1CCCC1NCC(C)O. The van der Waals surface area contributed by atoms with E-state index >= 15 is 0 Å². The van der Waals surface area contributed by atoms with Gasteiger partial charge in [0.25, 0.3) is 0 Å². The third-order valence-electron chi connectivity index (χ3n) is 2.43. The molecule has 1 fully saturated rings. The van der Waals surface area contributed by atoms with E-state index in [2.05, 4.69) is 11.6 Å². The Morgan fingerprint density at radius 3 is 2.92 bits per heavy atom. The van der Waals surface area contributed by atoms with Crippen molar-refractivity contribution >= 4 is 11.8 Å². The number of hydrogen-bond acceptors (Lipinski definition) is 3. The molecule has 0 aromatic carbocycles. The molecule has 1 saturated carbocycles. The van der Waals surface area contributed by atoms with Gasteiger partial charge in [-0.25, -0.2) is 0 Å². The van der Waals surface area contributed by atoms with E-state index in [9.17, 15) is 0 Å². The van der Waals surface area contributed by atoms with Gasteiger partial charge in [0, 0.05) is 17.8 Å². The maximum absolute atomic E-state index is 9.10. The number of thioether (sulfide) groups is 1. The third kappa shape index (κ3) is 2.96. The molecule has 1 rings (SSSR count). The van der Waals surface area contributed by atoms with E-state index in [0.717, 1.165) is 11.8 Å². The molecule has 0 heterocycles. The predicted molar refractivity (Wildman–Crippen MR) is 54.6 cm³/mol. The highest BCUT2D eigenvalue weighted by Crippen LogP contribution is 2.28. The van der Waals surface area contributed by atoms with Crippen LogP contribution in [0.15, 0.2) is 0 Å². The minimum absolute atomic E-state index is 0.215. The molecule has 0 spiro atoms. The van der Waals surface area contributed by atoms with Gasteiger partial charge in [-0.15, -0.1) is 0 Å². The summed E-state index contributed by atoms with van der Waals surface area (Å²) in [5.74, 6) is 0. The highest BCUT2D eigenvalue weighted by atomic mass is 32.2. The smallest absolute Gasteiger partial charge is 0.0636 e. The Morgan fingerprint density at radius 1 is 1.58 bits per heavy atom. The molecule has 3 atom stereocenters. The normalized spacial score (nSPS) is 32.2. The van der Waals surface area contributed by atoms with Crippen molar-refractivity contribution in [3.63, 3.8) is 0 Å². The number of aliphatic hydroxyl groups excluding tert-OH is 1. The molecule has 1 aliphatic rings. The van der Waals surface area contributed by atoms with Crippen LogP contribution < -0.4 is 5.32 Å². The van der Waals surface area contributed by atoms with Gasteiger partial charge in [-0.3, -0.25) is 0 Å². The molecule has 3 heteroatoms. The molecule has 0 aromatic rings. The molecule has 0 aromatic heterocycles. The molecular weight excluding hydrogens is 170 g/mol. The molecule has 0 saturated heterocycles. The average molecular weight is 189 g/mol. The Kier molecular flexibility index (Phi) is 4.40. The monoisotopic (exact) mass is 189 g/mol. The number of hydrogen-bond donors (Lipinski definition) is 2. The molecule has 72 valence electrons. The Bertz CT molecular complexity index is 130. The molecule has 0 radical (unpaired) electrons. The first kappa shape index (κ1) is 10.4. The first-order valence-electron chi connectivity index (χ1n) is 4.68. The van der Waals surface area contributed by atoms with Crippen LogP contribution in [0.3, 0.4) is 0 Å². The first-order chi connectivity index (χ1) is 5.74. The van der Waals surface area contributed by atoms with Crippen molar-refractivity contribution < 1.29 is 5.11 Å². The third-order valence-corrected chi connectivity index (χ3v) is 3.60. The molecule has 12 heavy (non-hydrogen) atoms. The Balaban J connectivity index is 2.21. The molecular formula is C9H19NOS. The van der Waals surface area contributed by atoms with Crippen LogP contribution in [-0.4, -0.2) is 35.3 Å². The summed E-state index contributed by atoms with van der Waals surface area (Å²) >= 11 is 1.95. The molecule has 1 aliphatic carbocycles. The second kappa shape index (κ2) is 5.10. The standard InChI is InChI=1S/C9H19NOS/c1-7(11)6-10-8-4-3-5-9(8)12-2/h7-11H,3-6H2,1-2H3. The van der Waals surface area contributed by atoms with Gasteiger partial charge in [0.1, 0.15) is 0 Å². The van der Waals surface area contributed by atoms with Crippen LogP contribution in [0.5, 0.6) is 0 Å². The minimum Gasteiger partial charge on any atom is -0.392 e. The summed E-state index contributed by atoms with van der Waals surface area (Å²) in [4.78, 5) is 0. The largest absolute Gasteiger partial charge is 0.392 e. The number of aliphatic hydroxyl groups is 1. The quantitative estimate of drug-likeness (QED) is 0.698. The van der Waals surface area contributed by atoms with E-state index < -0.39 is 0 Å². The van der Waals surface area contributed by atoms with Crippen LogP contribution in [0.1, 0.15) is 26.2 Å². The fourth-order valence-corrected chi connectivity index (χ4v) is 2.73. The average Bonchev–Trinajstić information content (AvgIpc) is 2.47. The molecule has 2 N–H and O–H groups in total. The summed E-state index contributed by atoms with van der Waals surface area (Å²) in [5, 5.41) is 13.3. The second-order valence-electron chi connectivity index (χ2n) is 3.57. The van der Waals surface area contributed by atoms with Gasteiger partial charge in [-0.1, -0.05) is 6.42 Å². The van der Waals surface area contributed by atoms with Gasteiger partial charge in [0.2, 0.25) is 0 Å². The van der Waals surface area contributed by atoms with Crippen LogP contribution in [0.4, 0.5) is 0 Å². The molecule has 0 amide bonds. The van der Waals surface area contributed by atoms with E-state index in [4.69, 9.17) is 5.11 Å². The Morgan fingerprint density at radius 2 is 2.33 bits per heavy atom. The lowest BCUT2D eigenvalue weighted by Crippen LogP contribution is -2.38. The number of rotatable bonds is 4. The van der Waals surface area contributed by atoms with Crippen LogP contribution in [0, 0.1) is 0 Å². The van der Waals surface area contributed by atoms with E-state index in [0.29, 0.717) is 6.04 Å². The van der Waals surface area contributed by atoms with E-state index in [1.165, 1.54) is 19.3 Å². The summed E-state index contributed by atoms with van der Waals surface area (Å²) in [5.41, 5.74) is 0. The highest BCUT2D eigenvalue weighted by Gasteiger charge is 2.25. The maximum Gasteiger partial charge on any atom is 0.0636 e. The van der Waals surface area contributed by atoms with E-state index in [1.807, 2.05) is 18.7 Å². The minimum atomic E-state index is -0.215. The zero-order valence-corrected chi connectivity index (χ0v) is 8.73. The molecule has 3 unspecified atom stereocenters. The summed E-state index contributed by atoms with van der Waals surface area (Å²) in [6.45, 7) is 2.57. The molecule has 0 bridgehead atoms. The summed E-state index contributed by atoms with van der Waals surface area (Å²) < 4.78 is 0. The van der Waals surface area contributed by atoms with Crippen molar-refractivity contribution in [2.45, 2.75) is 43.6 Å². The van der Waals surface area contributed by atoms with E-state index in [1.54, 1.807) is 0 Å². The predicted octanol–water partition coefficient (Wildman–Crippen LogP) is 1.24. The van der Waals surface area contributed by atoms with Gasteiger partial charge in [0.15, 0.2) is 0 Å². The highest BCUT2D eigenvalue weighted by molar-refractivity contribution is 7.99. The first-order valence-corrected chi connectivity index (χ1v) is 5.97. The van der Waals surface area contributed by atoms with Gasteiger partial charge in [0.05, 0.1) is 6.10 Å². The lowest BCUT2D eigenvalue weighted by Gasteiger charge is -2.19. The number of nitrogens with one attached hydrogen (secondary N) is 1. The van der Waals surface area contributed by atoms with Gasteiger partial charge < -0.3 is 10.4 Å². The lowest BCUT2D eigenvalue weighted by atomic mass is 10.2. The van der Waals surface area contributed by atoms with Crippen molar-refractivity contribution in [2.75, 3.05) is 12.8 Å². The van der Waals surface area contributed by atoms with Gasteiger partial charge in [-0.05, 0) is 26.0 Å². The topological polar surface area (TPSA) is 32.3 Å². The van der Waals surface area contributed by atoms with Crippen molar-refractivity contribution in [1.29, 1.82) is 0 Å². The fourth-order valence-electron chi connectivity index (χ4n) is 1.76. The summed E-state index contributed by atoms with van der Waals surface area (Å²) in [6.07, 6.45) is 5.90. The van der Waals surface area contributed by atoms with Crippen LogP contribution in [0.2, 0.25) is 0 Å². The Labute approximate surface area is 79.1 Å². The van der Waals surface area contributed by atoms with Crippen LogP contribution in [0.25, 0.3) is 0 Å².